The van der Waals surface area contributed by atoms with Gasteiger partial charge < -0.3 is 5.73 Å². The molecule has 0 aliphatic heterocycles. The van der Waals surface area contributed by atoms with E-state index in [1.165, 1.54) is 4.90 Å². The number of rotatable bonds is 1. The van der Waals surface area contributed by atoms with Crippen LogP contribution in [-0.2, 0) is 0 Å². The highest BCUT2D eigenvalue weighted by atomic mass is 35.5. The summed E-state index contributed by atoms with van der Waals surface area (Å²) in [6.45, 7) is 0. The number of nitrogens with two attached hydrogens (primary N) is 1. The van der Waals surface area contributed by atoms with E-state index in [1.807, 2.05) is 0 Å². The molecule has 0 saturated carbocycles. The lowest BCUT2D eigenvalue weighted by Crippen LogP contribution is -2.31. The molecule has 0 saturated heterocycles. The van der Waals surface area contributed by atoms with Crippen molar-refractivity contribution in [2.75, 3.05) is 11.9 Å². The lowest BCUT2D eigenvalue weighted by Gasteiger charge is -2.13. The smallest absolute Gasteiger partial charge is 0.318 e. The molecule has 0 heterocycles. The van der Waals surface area contributed by atoms with E-state index in [0.717, 1.165) is 5.69 Å². The topological polar surface area (TPSA) is 46.3 Å². The summed E-state index contributed by atoms with van der Waals surface area (Å²) in [4.78, 5) is 12.0. The molecule has 4 heteroatoms. The number of benzene rings is 1. The first-order chi connectivity index (χ1) is 5.61. The number of hydrogen-bond acceptors (Lipinski definition) is 1. The van der Waals surface area contributed by atoms with Crippen molar-refractivity contribution in [2.24, 2.45) is 5.73 Å². The maximum Gasteiger partial charge on any atom is 0.318 e. The first-order valence-electron chi connectivity index (χ1n) is 3.40. The second-order valence-electron chi connectivity index (χ2n) is 2.37. The molecule has 0 spiro atoms. The average Bonchev–Trinajstić information content (AvgIpc) is 2.04. The van der Waals surface area contributed by atoms with Crippen LogP contribution in [0.4, 0.5) is 10.5 Å². The summed E-state index contributed by atoms with van der Waals surface area (Å²) in [5.41, 5.74) is 5.79. The van der Waals surface area contributed by atoms with Crippen LogP contribution in [0.15, 0.2) is 24.3 Å². The van der Waals surface area contributed by atoms with Gasteiger partial charge in [0.15, 0.2) is 0 Å². The van der Waals surface area contributed by atoms with Crippen molar-refractivity contribution >= 4 is 23.3 Å². The van der Waals surface area contributed by atoms with E-state index < -0.39 is 6.03 Å². The molecular weight excluding hydrogens is 176 g/mol. The summed E-state index contributed by atoms with van der Waals surface area (Å²) in [5.74, 6) is 0. The molecule has 2 amide bonds. The van der Waals surface area contributed by atoms with E-state index in [9.17, 15) is 4.79 Å². The van der Waals surface area contributed by atoms with Gasteiger partial charge >= 0.3 is 6.03 Å². The first-order valence-corrected chi connectivity index (χ1v) is 3.78. The van der Waals surface area contributed by atoms with Crippen LogP contribution in [0, 0.1) is 0 Å². The molecule has 0 aliphatic carbocycles. The molecule has 1 rings (SSSR count). The van der Waals surface area contributed by atoms with Gasteiger partial charge in [-0.3, -0.25) is 4.90 Å². The SMILES string of the molecule is CN(C(N)=O)c1ccc(Cl)cc1. The Bertz CT molecular complexity index is 284. The Hall–Kier alpha value is -1.22. The molecule has 0 bridgehead atoms. The highest BCUT2D eigenvalue weighted by molar-refractivity contribution is 6.30. The fourth-order valence-corrected chi connectivity index (χ4v) is 0.918. The highest BCUT2D eigenvalue weighted by Gasteiger charge is 2.04. The van der Waals surface area contributed by atoms with E-state index >= 15 is 0 Å². The number of amides is 2. The van der Waals surface area contributed by atoms with Gasteiger partial charge in [0.1, 0.15) is 0 Å². The van der Waals surface area contributed by atoms with Crippen molar-refractivity contribution in [1.29, 1.82) is 0 Å². The average molecular weight is 185 g/mol. The van der Waals surface area contributed by atoms with E-state index in [1.54, 1.807) is 31.3 Å². The summed E-state index contributed by atoms with van der Waals surface area (Å²) in [5, 5.41) is 0.636. The Morgan fingerprint density at radius 2 is 1.92 bits per heavy atom. The number of halogens is 1. The number of hydrogen-bond donors (Lipinski definition) is 1. The normalized spacial score (nSPS) is 9.50. The van der Waals surface area contributed by atoms with Crippen molar-refractivity contribution in [3.05, 3.63) is 29.3 Å². The molecule has 3 nitrogen and oxygen atoms in total. The Morgan fingerprint density at radius 3 is 2.33 bits per heavy atom. The molecule has 0 aliphatic rings. The van der Waals surface area contributed by atoms with E-state index in [4.69, 9.17) is 17.3 Å². The lowest BCUT2D eigenvalue weighted by atomic mass is 10.3. The minimum Gasteiger partial charge on any atom is -0.351 e. The molecule has 64 valence electrons. The largest absolute Gasteiger partial charge is 0.351 e. The van der Waals surface area contributed by atoms with Crippen LogP contribution in [0.25, 0.3) is 0 Å². The van der Waals surface area contributed by atoms with Gasteiger partial charge in [-0.15, -0.1) is 0 Å². The molecule has 1 aromatic rings. The van der Waals surface area contributed by atoms with Crippen molar-refractivity contribution in [3.8, 4) is 0 Å². The van der Waals surface area contributed by atoms with Crippen LogP contribution in [0.1, 0.15) is 0 Å². The molecular formula is C8H9ClN2O. The Kier molecular flexibility index (Phi) is 2.55. The van der Waals surface area contributed by atoms with E-state index in [2.05, 4.69) is 0 Å². The van der Waals surface area contributed by atoms with Gasteiger partial charge in [0, 0.05) is 17.8 Å². The number of carbonyl (C=O) groups is 1. The van der Waals surface area contributed by atoms with Crippen LogP contribution in [0.5, 0.6) is 0 Å². The van der Waals surface area contributed by atoms with Gasteiger partial charge in [0.2, 0.25) is 0 Å². The third kappa shape index (κ3) is 1.89. The zero-order valence-corrected chi connectivity index (χ0v) is 7.38. The van der Waals surface area contributed by atoms with Crippen LogP contribution in [-0.4, -0.2) is 13.1 Å². The van der Waals surface area contributed by atoms with Gasteiger partial charge in [0.25, 0.3) is 0 Å². The standard InChI is InChI=1S/C8H9ClN2O/c1-11(8(10)12)7-4-2-6(9)3-5-7/h2-5H,1H3,(H2,10,12). The quantitative estimate of drug-likeness (QED) is 0.712. The van der Waals surface area contributed by atoms with Crippen LogP contribution >= 0.6 is 11.6 Å². The predicted octanol–water partition coefficient (Wildman–Crippen LogP) is 1.85. The zero-order chi connectivity index (χ0) is 9.14. The van der Waals surface area contributed by atoms with E-state index in [-0.39, 0.29) is 0 Å². The van der Waals surface area contributed by atoms with Gasteiger partial charge in [0.05, 0.1) is 0 Å². The van der Waals surface area contributed by atoms with Gasteiger partial charge in [-0.1, -0.05) is 11.6 Å². The molecule has 1 aromatic carbocycles. The van der Waals surface area contributed by atoms with Crippen LogP contribution < -0.4 is 10.6 Å². The minimum atomic E-state index is -0.489. The summed E-state index contributed by atoms with van der Waals surface area (Å²) in [7, 11) is 1.60. The third-order valence-electron chi connectivity index (χ3n) is 1.54. The second-order valence-corrected chi connectivity index (χ2v) is 2.81. The molecule has 12 heavy (non-hydrogen) atoms. The number of carbonyl (C=O) groups excluding carboxylic acids is 1. The number of primary amides is 1. The molecule has 0 aromatic heterocycles. The monoisotopic (exact) mass is 184 g/mol. The molecule has 0 unspecified atom stereocenters. The maximum absolute atomic E-state index is 10.7. The predicted molar refractivity (Wildman–Crippen MR) is 49.4 cm³/mol. The van der Waals surface area contributed by atoms with Crippen LogP contribution in [0.2, 0.25) is 5.02 Å². The van der Waals surface area contributed by atoms with E-state index in [0.29, 0.717) is 5.02 Å². The second kappa shape index (κ2) is 3.45. The molecule has 0 radical (unpaired) electrons. The maximum atomic E-state index is 10.7. The number of nitrogens with zero attached hydrogens (tertiary/aromatic N) is 1. The van der Waals surface area contributed by atoms with Crippen molar-refractivity contribution in [1.82, 2.24) is 0 Å². The number of anilines is 1. The fraction of sp³-hybridized carbons (Fsp3) is 0.125. The Balaban J connectivity index is 2.89. The lowest BCUT2D eigenvalue weighted by molar-refractivity contribution is 0.255. The van der Waals surface area contributed by atoms with Gasteiger partial charge in [-0.25, -0.2) is 4.79 Å². The Morgan fingerprint density at radius 1 is 1.42 bits per heavy atom. The summed E-state index contributed by atoms with van der Waals surface area (Å²) in [6, 6.07) is 6.38. The fourth-order valence-electron chi connectivity index (χ4n) is 0.792. The Labute approximate surface area is 75.7 Å². The minimum absolute atomic E-state index is 0.489. The van der Waals surface area contributed by atoms with Crippen molar-refractivity contribution < 1.29 is 4.79 Å². The van der Waals surface area contributed by atoms with Crippen LogP contribution in [0.3, 0.4) is 0 Å². The summed E-state index contributed by atoms with van der Waals surface area (Å²) in [6.07, 6.45) is 0. The van der Waals surface area contributed by atoms with Gasteiger partial charge in [-0.05, 0) is 24.3 Å². The molecule has 0 fully saturated rings. The first kappa shape index (κ1) is 8.87. The molecule has 0 atom stereocenters. The summed E-state index contributed by atoms with van der Waals surface area (Å²) < 4.78 is 0. The summed E-state index contributed by atoms with van der Waals surface area (Å²) >= 11 is 5.66. The van der Waals surface area contributed by atoms with Gasteiger partial charge in [-0.2, -0.15) is 0 Å². The zero-order valence-electron chi connectivity index (χ0n) is 6.62. The van der Waals surface area contributed by atoms with Crippen molar-refractivity contribution in [3.63, 3.8) is 0 Å². The van der Waals surface area contributed by atoms with Crippen molar-refractivity contribution in [2.45, 2.75) is 0 Å². The number of urea groups is 1. The molecule has 2 N–H and O–H groups in total. The third-order valence-corrected chi connectivity index (χ3v) is 1.80. The highest BCUT2D eigenvalue weighted by Crippen LogP contribution is 2.16.